The van der Waals surface area contributed by atoms with Crippen molar-refractivity contribution < 1.29 is 14.4 Å². The number of para-hydroxylation sites is 1. The second kappa shape index (κ2) is 15.1. The van der Waals surface area contributed by atoms with Crippen LogP contribution >= 0.6 is 0 Å². The Labute approximate surface area is 275 Å². The summed E-state index contributed by atoms with van der Waals surface area (Å²) in [5, 5.41) is 10.7. The largest absolute Gasteiger partial charge is 0.370 e. The molecular formula is C33H51N11O3. The van der Waals surface area contributed by atoms with Gasteiger partial charge in [0.2, 0.25) is 17.7 Å². The molecule has 2 aromatic rings. The first kappa shape index (κ1) is 34.0. The van der Waals surface area contributed by atoms with Crippen molar-refractivity contribution in [1.82, 2.24) is 20.9 Å². The molecule has 14 heteroatoms. The van der Waals surface area contributed by atoms with Gasteiger partial charge in [-0.25, -0.2) is 0 Å². The molecular weight excluding hydrogens is 598 g/mol. The molecule has 4 saturated carbocycles. The number of nitrogens with zero attached hydrogens (tertiary/aromatic N) is 2. The number of H-pyrrole nitrogens is 1. The summed E-state index contributed by atoms with van der Waals surface area (Å²) in [6.45, 7) is 0.566. The second-order valence-corrected chi connectivity index (χ2v) is 13.9. The molecule has 3 amide bonds. The molecule has 6 rings (SSSR count). The molecule has 0 aliphatic heterocycles. The van der Waals surface area contributed by atoms with Gasteiger partial charge in [0.05, 0.1) is 6.04 Å². The first-order valence-corrected chi connectivity index (χ1v) is 16.8. The lowest BCUT2D eigenvalue weighted by molar-refractivity contribution is -0.133. The predicted molar refractivity (Wildman–Crippen MR) is 183 cm³/mol. The molecule has 4 aliphatic carbocycles. The second-order valence-electron chi connectivity index (χ2n) is 13.9. The van der Waals surface area contributed by atoms with Gasteiger partial charge in [-0.3, -0.25) is 29.7 Å². The molecule has 0 radical (unpaired) electrons. The standard InChI is InChI=1S/C33H51N11O3/c34-28(45)25(7-3-9-39-31(35)36)42-29(46)26(8-4-10-40-32(37)38)43-30(47)27(14-22-18-41-24-6-2-1-5-23(22)24)44-33-15-19-11-20(16-33)13-21(12-19)17-33/h1-2,5-6,18-21,25-27,41,44H,3-4,7-17H2,(H2,34,45)(H,42,46)(H,43,47)(H4,35,36,39)(H4,37,38,40)/t19?,20?,21?,25-,26-,27-,33?/m0/s1. The van der Waals surface area contributed by atoms with Crippen LogP contribution in [0.25, 0.3) is 10.9 Å². The van der Waals surface area contributed by atoms with Crippen LogP contribution in [0.1, 0.15) is 69.8 Å². The van der Waals surface area contributed by atoms with E-state index in [1.807, 2.05) is 24.4 Å². The van der Waals surface area contributed by atoms with Crippen molar-refractivity contribution in [2.24, 2.45) is 56.4 Å². The van der Waals surface area contributed by atoms with Crippen LogP contribution < -0.4 is 44.6 Å². The third kappa shape index (κ3) is 8.93. The molecule has 14 nitrogen and oxygen atoms in total. The molecule has 256 valence electrons. The summed E-state index contributed by atoms with van der Waals surface area (Å²) in [6, 6.07) is 5.56. The highest BCUT2D eigenvalue weighted by Crippen LogP contribution is 2.55. The van der Waals surface area contributed by atoms with Crippen molar-refractivity contribution in [3.05, 3.63) is 36.0 Å². The third-order valence-electron chi connectivity index (χ3n) is 10.1. The monoisotopic (exact) mass is 649 g/mol. The van der Waals surface area contributed by atoms with Gasteiger partial charge in [-0.1, -0.05) is 18.2 Å². The summed E-state index contributed by atoms with van der Waals surface area (Å²) in [5.74, 6) is 0.507. The first-order valence-electron chi connectivity index (χ1n) is 16.8. The number of aromatic nitrogens is 1. The normalized spacial score (nSPS) is 24.6. The van der Waals surface area contributed by atoms with E-state index >= 15 is 0 Å². The zero-order valence-corrected chi connectivity index (χ0v) is 27.0. The van der Waals surface area contributed by atoms with Crippen molar-refractivity contribution in [3.63, 3.8) is 0 Å². The zero-order valence-electron chi connectivity index (χ0n) is 27.0. The first-order chi connectivity index (χ1) is 22.5. The number of primary amides is 1. The molecule has 4 aliphatic rings. The highest BCUT2D eigenvalue weighted by atomic mass is 16.2. The van der Waals surface area contributed by atoms with Gasteiger partial charge in [0.25, 0.3) is 0 Å². The van der Waals surface area contributed by atoms with Crippen LogP contribution in [0.15, 0.2) is 40.4 Å². The minimum absolute atomic E-state index is 0.0526. The minimum Gasteiger partial charge on any atom is -0.370 e. The van der Waals surface area contributed by atoms with Gasteiger partial charge in [-0.2, -0.15) is 0 Å². The van der Waals surface area contributed by atoms with Crippen LogP contribution in [-0.2, 0) is 20.8 Å². The molecule has 0 saturated heterocycles. The summed E-state index contributed by atoms with van der Waals surface area (Å²) in [7, 11) is 0. The number of amides is 3. The SMILES string of the molecule is NC(=O)[C@H](CCCN=C(N)N)NC(=O)[C@H](CCCN=C(N)N)NC(=O)[C@H](Cc1c[nH]c2ccccc12)NC12CC3CC(CC(C3)C1)C2. The predicted octanol–water partition coefficient (Wildman–Crippen LogP) is 0.200. The Morgan fingerprint density at radius 1 is 0.787 bits per heavy atom. The Balaban J connectivity index is 1.35. The van der Waals surface area contributed by atoms with Crippen LogP contribution in [-0.4, -0.2) is 71.4 Å². The maximum Gasteiger partial charge on any atom is 0.243 e. The van der Waals surface area contributed by atoms with Crippen LogP contribution in [0.2, 0.25) is 0 Å². The molecule has 47 heavy (non-hydrogen) atoms. The number of carbonyl (C=O) groups excluding carboxylic acids is 3. The maximum absolute atomic E-state index is 14.3. The van der Waals surface area contributed by atoms with Gasteiger partial charge in [0.1, 0.15) is 12.1 Å². The summed E-state index contributed by atoms with van der Waals surface area (Å²) >= 11 is 0. The Morgan fingerprint density at radius 3 is 1.89 bits per heavy atom. The lowest BCUT2D eigenvalue weighted by atomic mass is 9.53. The Kier molecular flexibility index (Phi) is 10.9. The number of aliphatic imine (C=N–C) groups is 2. The van der Waals surface area contributed by atoms with Crippen LogP contribution in [0.4, 0.5) is 0 Å². The van der Waals surface area contributed by atoms with Crippen molar-refractivity contribution in [3.8, 4) is 0 Å². The number of rotatable bonds is 17. The van der Waals surface area contributed by atoms with E-state index in [4.69, 9.17) is 28.7 Å². The van der Waals surface area contributed by atoms with E-state index in [2.05, 4.69) is 37.0 Å². The zero-order chi connectivity index (χ0) is 33.6. The summed E-state index contributed by atoms with van der Waals surface area (Å²) in [6.07, 6.45) is 10.8. The molecule has 4 bridgehead atoms. The van der Waals surface area contributed by atoms with Gasteiger partial charge in [0, 0.05) is 35.7 Å². The highest BCUT2D eigenvalue weighted by molar-refractivity contribution is 5.93. The van der Waals surface area contributed by atoms with Gasteiger partial charge in [-0.15, -0.1) is 0 Å². The van der Waals surface area contributed by atoms with Crippen LogP contribution in [0.3, 0.4) is 0 Å². The fourth-order valence-electron chi connectivity index (χ4n) is 8.49. The van der Waals surface area contributed by atoms with E-state index in [9.17, 15) is 14.4 Å². The van der Waals surface area contributed by atoms with Gasteiger partial charge in [-0.05, 0) is 100 Å². The minimum atomic E-state index is -0.957. The quantitative estimate of drug-likeness (QED) is 0.0648. The van der Waals surface area contributed by atoms with E-state index in [1.54, 1.807) is 0 Å². The molecule has 1 aromatic heterocycles. The van der Waals surface area contributed by atoms with Crippen molar-refractivity contribution in [1.29, 1.82) is 0 Å². The van der Waals surface area contributed by atoms with Gasteiger partial charge >= 0.3 is 0 Å². The van der Waals surface area contributed by atoms with Crippen LogP contribution in [0, 0.1) is 17.8 Å². The molecule has 0 unspecified atom stereocenters. The lowest BCUT2D eigenvalue weighted by Crippen LogP contribution is -2.64. The van der Waals surface area contributed by atoms with Gasteiger partial charge in [0.15, 0.2) is 11.9 Å². The number of guanidine groups is 2. The van der Waals surface area contributed by atoms with Crippen molar-refractivity contribution in [2.75, 3.05) is 13.1 Å². The molecule has 1 heterocycles. The van der Waals surface area contributed by atoms with E-state index in [-0.39, 0.29) is 49.3 Å². The number of hydrogen-bond acceptors (Lipinski definition) is 6. The molecule has 3 atom stereocenters. The fraction of sp³-hybridized carbons (Fsp3) is 0.606. The number of nitrogens with two attached hydrogens (primary N) is 5. The number of nitrogens with one attached hydrogen (secondary N) is 4. The average Bonchev–Trinajstić information content (AvgIpc) is 3.41. The molecule has 4 fully saturated rings. The number of carbonyl (C=O) groups is 3. The lowest BCUT2D eigenvalue weighted by Gasteiger charge is -2.57. The van der Waals surface area contributed by atoms with Gasteiger partial charge < -0.3 is 44.3 Å². The topological polar surface area (TPSA) is 258 Å². The third-order valence-corrected chi connectivity index (χ3v) is 10.1. The van der Waals surface area contributed by atoms with E-state index in [0.717, 1.165) is 35.7 Å². The number of fused-ring (bicyclic) bond motifs is 1. The molecule has 14 N–H and O–H groups in total. The smallest absolute Gasteiger partial charge is 0.243 e. The molecule has 1 aromatic carbocycles. The Hall–Kier alpha value is -4.33. The number of hydrogen-bond donors (Lipinski definition) is 9. The van der Waals surface area contributed by atoms with Crippen LogP contribution in [0.5, 0.6) is 0 Å². The highest BCUT2D eigenvalue weighted by Gasteiger charge is 2.52. The molecule has 0 spiro atoms. The summed E-state index contributed by atoms with van der Waals surface area (Å²) < 4.78 is 0. The Bertz CT molecular complexity index is 1440. The number of benzene rings is 1. The van der Waals surface area contributed by atoms with E-state index in [1.165, 1.54) is 19.3 Å². The van der Waals surface area contributed by atoms with Crippen molar-refractivity contribution >= 4 is 40.5 Å². The average molecular weight is 650 g/mol. The fourth-order valence-corrected chi connectivity index (χ4v) is 8.49. The van der Waals surface area contributed by atoms with E-state index in [0.29, 0.717) is 37.0 Å². The van der Waals surface area contributed by atoms with E-state index < -0.39 is 29.9 Å². The maximum atomic E-state index is 14.3. The van der Waals surface area contributed by atoms with Crippen molar-refractivity contribution in [2.45, 2.75) is 94.3 Å². The summed E-state index contributed by atoms with van der Waals surface area (Å²) in [4.78, 5) is 51.5. The summed E-state index contributed by atoms with van der Waals surface area (Å²) in [5.41, 5.74) is 29.4. The Morgan fingerprint density at radius 2 is 1.32 bits per heavy atom. The number of aromatic amines is 1.